The van der Waals surface area contributed by atoms with E-state index in [0.29, 0.717) is 12.0 Å². The average molecular weight is 398 g/mol. The first-order valence-electron chi connectivity index (χ1n) is 8.72. The molecule has 1 amide bonds. The molecule has 0 fully saturated rings. The minimum Gasteiger partial charge on any atom is -0.480 e. The van der Waals surface area contributed by atoms with E-state index < -0.39 is 17.8 Å². The minimum atomic E-state index is -0.535. The number of hydrogen-bond acceptors (Lipinski definition) is 4. The monoisotopic (exact) mass is 397 g/mol. The number of carbonyl (C=O) groups excluding carboxylic acids is 2. The van der Waals surface area contributed by atoms with Gasteiger partial charge in [-0.3, -0.25) is 14.4 Å². The third-order valence-electron chi connectivity index (χ3n) is 4.58. The molecule has 0 bridgehead atoms. The van der Waals surface area contributed by atoms with Gasteiger partial charge in [-0.15, -0.1) is 0 Å². The molecule has 1 aromatic carbocycles. The Hall–Kier alpha value is -1.92. The van der Waals surface area contributed by atoms with Gasteiger partial charge < -0.3 is 4.74 Å². The molecule has 0 saturated heterocycles. The van der Waals surface area contributed by atoms with Gasteiger partial charge in [-0.1, -0.05) is 31.5 Å². The standard InChI is InChI=1S/C20H25ClFNO4/c1-12-9-20(3,4)10-17(24)19(12)27-11-18(25)23(26-5)13(2)14-6-7-16(22)15(21)8-14/h6-8,13H,9-11H2,1-5H3. The number of hydroxylamine groups is 2. The van der Waals surface area contributed by atoms with E-state index in [1.165, 1.54) is 25.3 Å². The van der Waals surface area contributed by atoms with Crippen LogP contribution in [0.4, 0.5) is 4.39 Å². The van der Waals surface area contributed by atoms with Crippen LogP contribution < -0.4 is 0 Å². The molecule has 1 atom stereocenters. The summed E-state index contributed by atoms with van der Waals surface area (Å²) in [7, 11) is 1.36. The molecule has 0 N–H and O–H groups in total. The SMILES string of the molecule is CON(C(=O)COC1=C(C)CC(C)(C)CC1=O)C(C)c1ccc(F)c(Cl)c1. The molecule has 0 aliphatic heterocycles. The summed E-state index contributed by atoms with van der Waals surface area (Å²) in [4.78, 5) is 30.1. The van der Waals surface area contributed by atoms with E-state index in [1.54, 1.807) is 6.92 Å². The summed E-state index contributed by atoms with van der Waals surface area (Å²) >= 11 is 5.82. The second kappa shape index (κ2) is 8.40. The summed E-state index contributed by atoms with van der Waals surface area (Å²) in [5.74, 6) is -0.828. The van der Waals surface area contributed by atoms with Crippen molar-refractivity contribution in [3.05, 3.63) is 45.9 Å². The summed E-state index contributed by atoms with van der Waals surface area (Å²) < 4.78 is 18.9. The number of amides is 1. The number of nitrogens with zero attached hydrogens (tertiary/aromatic N) is 1. The lowest BCUT2D eigenvalue weighted by Crippen LogP contribution is -2.36. The van der Waals surface area contributed by atoms with Crippen molar-refractivity contribution in [2.75, 3.05) is 13.7 Å². The number of allylic oxidation sites excluding steroid dienone is 2. The summed E-state index contributed by atoms with van der Waals surface area (Å²) in [5.41, 5.74) is 1.35. The van der Waals surface area contributed by atoms with Gasteiger partial charge in [0.1, 0.15) is 5.82 Å². The Labute approximate surface area is 164 Å². The van der Waals surface area contributed by atoms with Gasteiger partial charge in [0, 0.05) is 6.42 Å². The zero-order valence-corrected chi connectivity index (χ0v) is 17.0. The van der Waals surface area contributed by atoms with E-state index in [0.717, 1.165) is 17.1 Å². The Morgan fingerprint density at radius 2 is 2.04 bits per heavy atom. The number of hydrogen-bond donors (Lipinski definition) is 0. The summed E-state index contributed by atoms with van der Waals surface area (Å²) in [6.45, 7) is 7.29. The maximum absolute atomic E-state index is 13.4. The van der Waals surface area contributed by atoms with Gasteiger partial charge in [-0.2, -0.15) is 0 Å². The molecule has 27 heavy (non-hydrogen) atoms. The van der Waals surface area contributed by atoms with Crippen molar-refractivity contribution < 1.29 is 23.6 Å². The predicted octanol–water partition coefficient (Wildman–Crippen LogP) is 4.61. The van der Waals surface area contributed by atoms with Crippen LogP contribution in [0.25, 0.3) is 0 Å². The lowest BCUT2D eigenvalue weighted by molar-refractivity contribution is -0.191. The highest BCUT2D eigenvalue weighted by Crippen LogP contribution is 2.37. The van der Waals surface area contributed by atoms with E-state index in [1.807, 2.05) is 20.8 Å². The first kappa shape index (κ1) is 21.4. The van der Waals surface area contributed by atoms with Gasteiger partial charge in [0.05, 0.1) is 18.2 Å². The zero-order valence-electron chi connectivity index (χ0n) is 16.3. The van der Waals surface area contributed by atoms with E-state index in [4.69, 9.17) is 21.2 Å². The van der Waals surface area contributed by atoms with E-state index in [2.05, 4.69) is 0 Å². The Kier molecular flexibility index (Phi) is 6.65. The fraction of sp³-hybridized carbons (Fsp3) is 0.500. The van der Waals surface area contributed by atoms with Crippen molar-refractivity contribution in [2.45, 2.75) is 46.6 Å². The molecule has 0 heterocycles. The van der Waals surface area contributed by atoms with Crippen LogP contribution in [0, 0.1) is 11.2 Å². The van der Waals surface area contributed by atoms with Crippen LogP contribution in [0.5, 0.6) is 0 Å². The van der Waals surface area contributed by atoms with Crippen LogP contribution >= 0.6 is 11.6 Å². The number of Topliss-reactive ketones (excluding diaryl/α,β-unsaturated/α-hetero) is 1. The van der Waals surface area contributed by atoms with Crippen molar-refractivity contribution in [1.82, 2.24) is 5.06 Å². The predicted molar refractivity (Wildman–Crippen MR) is 100 cm³/mol. The van der Waals surface area contributed by atoms with Crippen LogP contribution in [0.15, 0.2) is 29.5 Å². The van der Waals surface area contributed by atoms with Crippen molar-refractivity contribution in [3.63, 3.8) is 0 Å². The van der Waals surface area contributed by atoms with Crippen LogP contribution in [0.2, 0.25) is 5.02 Å². The summed E-state index contributed by atoms with van der Waals surface area (Å²) in [5, 5.41) is 1.09. The quantitative estimate of drug-likeness (QED) is 0.658. The first-order chi connectivity index (χ1) is 12.6. The highest BCUT2D eigenvalue weighted by molar-refractivity contribution is 6.30. The van der Waals surface area contributed by atoms with Gasteiger partial charge in [-0.05, 0) is 49.0 Å². The molecule has 1 unspecified atom stereocenters. The molecule has 1 aliphatic rings. The summed E-state index contributed by atoms with van der Waals surface area (Å²) in [6.07, 6.45) is 1.12. The Morgan fingerprint density at radius 1 is 1.37 bits per heavy atom. The van der Waals surface area contributed by atoms with Crippen molar-refractivity contribution in [3.8, 4) is 0 Å². The summed E-state index contributed by atoms with van der Waals surface area (Å²) in [6, 6.07) is 3.70. The molecule has 0 radical (unpaired) electrons. The molecule has 0 saturated carbocycles. The van der Waals surface area contributed by atoms with Crippen molar-refractivity contribution >= 4 is 23.3 Å². The van der Waals surface area contributed by atoms with Crippen molar-refractivity contribution in [2.24, 2.45) is 5.41 Å². The molecule has 148 valence electrons. The van der Waals surface area contributed by atoms with Crippen molar-refractivity contribution in [1.29, 1.82) is 0 Å². The molecule has 2 rings (SSSR count). The van der Waals surface area contributed by atoms with Crippen LogP contribution in [-0.2, 0) is 19.2 Å². The smallest absolute Gasteiger partial charge is 0.284 e. The van der Waals surface area contributed by atoms with E-state index in [-0.39, 0.29) is 28.6 Å². The fourth-order valence-electron chi connectivity index (χ4n) is 3.40. The maximum Gasteiger partial charge on any atom is 0.284 e. The Bertz CT molecular complexity index is 775. The minimum absolute atomic E-state index is 0.0321. The fourth-order valence-corrected chi connectivity index (χ4v) is 3.59. The average Bonchev–Trinajstić information content (AvgIpc) is 2.56. The van der Waals surface area contributed by atoms with Gasteiger partial charge in [0.15, 0.2) is 18.1 Å². The van der Waals surface area contributed by atoms with Crippen LogP contribution in [0.1, 0.15) is 52.1 Å². The third-order valence-corrected chi connectivity index (χ3v) is 4.87. The molecule has 0 spiro atoms. The van der Waals surface area contributed by atoms with Crippen LogP contribution in [0.3, 0.4) is 0 Å². The number of rotatable bonds is 6. The normalized spacial score (nSPS) is 17.7. The largest absolute Gasteiger partial charge is 0.480 e. The second-order valence-electron chi connectivity index (χ2n) is 7.59. The maximum atomic E-state index is 13.4. The molecular formula is C20H25ClFNO4. The lowest BCUT2D eigenvalue weighted by atomic mass is 9.76. The van der Waals surface area contributed by atoms with E-state index >= 15 is 0 Å². The van der Waals surface area contributed by atoms with E-state index in [9.17, 15) is 14.0 Å². The second-order valence-corrected chi connectivity index (χ2v) is 8.00. The van der Waals surface area contributed by atoms with Gasteiger partial charge in [0.2, 0.25) is 0 Å². The van der Waals surface area contributed by atoms with Gasteiger partial charge >= 0.3 is 0 Å². The first-order valence-corrected chi connectivity index (χ1v) is 9.10. The number of carbonyl (C=O) groups is 2. The molecule has 5 nitrogen and oxygen atoms in total. The van der Waals surface area contributed by atoms with Crippen LogP contribution in [-0.4, -0.2) is 30.5 Å². The zero-order chi connectivity index (χ0) is 20.4. The highest BCUT2D eigenvalue weighted by Gasteiger charge is 2.33. The number of ketones is 1. The molecule has 0 aromatic heterocycles. The van der Waals surface area contributed by atoms with Gasteiger partial charge in [0.25, 0.3) is 5.91 Å². The Balaban J connectivity index is 2.09. The molecule has 1 aliphatic carbocycles. The lowest BCUT2D eigenvalue weighted by Gasteiger charge is -2.31. The highest BCUT2D eigenvalue weighted by atomic mass is 35.5. The number of halogens is 2. The molecule has 1 aromatic rings. The molecule has 7 heteroatoms. The number of ether oxygens (including phenoxy) is 1. The third kappa shape index (κ3) is 5.08. The molecular weight excluding hydrogens is 373 g/mol. The van der Waals surface area contributed by atoms with Gasteiger partial charge in [-0.25, -0.2) is 9.45 Å². The Morgan fingerprint density at radius 3 is 2.59 bits per heavy atom. The topological polar surface area (TPSA) is 55.8 Å². The number of benzene rings is 1.